The lowest BCUT2D eigenvalue weighted by Crippen LogP contribution is -2.33. The van der Waals surface area contributed by atoms with Gasteiger partial charge in [0.15, 0.2) is 0 Å². The van der Waals surface area contributed by atoms with Gasteiger partial charge < -0.3 is 10.1 Å². The summed E-state index contributed by atoms with van der Waals surface area (Å²) in [5.74, 6) is 0. The van der Waals surface area contributed by atoms with Gasteiger partial charge in [-0.3, -0.25) is 0 Å². The fraction of sp³-hybridized carbons (Fsp3) is 0.350. The highest BCUT2D eigenvalue weighted by Crippen LogP contribution is 2.06. The summed E-state index contributed by atoms with van der Waals surface area (Å²) in [6, 6.07) is 21.1. The van der Waals surface area contributed by atoms with Crippen LogP contribution in [0.4, 0.5) is 0 Å². The lowest BCUT2D eigenvalue weighted by molar-refractivity contribution is 0.0961. The third kappa shape index (κ3) is 6.65. The van der Waals surface area contributed by atoms with E-state index in [-0.39, 0.29) is 6.04 Å². The molecule has 0 saturated heterocycles. The zero-order chi connectivity index (χ0) is 16.3. The van der Waals surface area contributed by atoms with Crippen molar-refractivity contribution in [3.63, 3.8) is 0 Å². The molecule has 3 nitrogen and oxygen atoms in total. The van der Waals surface area contributed by atoms with E-state index in [1.54, 1.807) is 0 Å². The molecule has 0 aliphatic rings. The smallest absolute Gasteiger partial charge is 0.0717 e. The molecule has 120 valence electrons. The number of ether oxygens (including phenoxy) is 1. The van der Waals surface area contributed by atoms with Crippen molar-refractivity contribution in [3.8, 4) is 6.07 Å². The SMILES string of the molecule is Cc1ccc(CNC(CCC#N)COCc2ccccc2)cc1. The molecule has 1 atom stereocenters. The van der Waals surface area contributed by atoms with E-state index < -0.39 is 0 Å². The molecule has 2 aromatic carbocycles. The minimum Gasteiger partial charge on any atom is -0.375 e. The lowest BCUT2D eigenvalue weighted by Gasteiger charge is -2.18. The van der Waals surface area contributed by atoms with E-state index in [4.69, 9.17) is 10.00 Å². The monoisotopic (exact) mass is 308 g/mol. The molecule has 0 radical (unpaired) electrons. The summed E-state index contributed by atoms with van der Waals surface area (Å²) in [6.07, 6.45) is 1.34. The van der Waals surface area contributed by atoms with Gasteiger partial charge in [-0.25, -0.2) is 0 Å². The van der Waals surface area contributed by atoms with Crippen LogP contribution in [0.2, 0.25) is 0 Å². The standard InChI is InChI=1S/C20H24N2O/c1-17-9-11-18(12-10-17)14-22-20(8-5-13-21)16-23-15-19-6-3-2-4-7-19/h2-4,6-7,9-12,20,22H,5,8,14-16H2,1H3. The maximum atomic E-state index is 8.82. The fourth-order valence-corrected chi connectivity index (χ4v) is 2.34. The topological polar surface area (TPSA) is 45.0 Å². The Balaban J connectivity index is 1.79. The highest BCUT2D eigenvalue weighted by Gasteiger charge is 2.08. The Hall–Kier alpha value is -2.15. The molecule has 0 bridgehead atoms. The average Bonchev–Trinajstić information content (AvgIpc) is 2.59. The molecule has 0 amide bonds. The second-order valence-electron chi connectivity index (χ2n) is 5.76. The largest absolute Gasteiger partial charge is 0.375 e. The van der Waals surface area contributed by atoms with Crippen LogP contribution >= 0.6 is 0 Å². The molecule has 1 unspecified atom stereocenters. The molecule has 2 rings (SSSR count). The highest BCUT2D eigenvalue weighted by molar-refractivity contribution is 5.21. The number of benzene rings is 2. The second-order valence-corrected chi connectivity index (χ2v) is 5.76. The summed E-state index contributed by atoms with van der Waals surface area (Å²) in [4.78, 5) is 0. The Bertz CT molecular complexity index is 602. The van der Waals surface area contributed by atoms with Crippen LogP contribution in [0.3, 0.4) is 0 Å². The molecular weight excluding hydrogens is 284 g/mol. The van der Waals surface area contributed by atoms with Crippen molar-refractivity contribution in [1.82, 2.24) is 5.32 Å². The molecule has 0 heterocycles. The molecule has 0 spiro atoms. The summed E-state index contributed by atoms with van der Waals surface area (Å²) >= 11 is 0. The second kappa shape index (κ2) is 9.78. The van der Waals surface area contributed by atoms with Gasteiger partial charge in [-0.2, -0.15) is 5.26 Å². The van der Waals surface area contributed by atoms with Crippen LogP contribution in [0.5, 0.6) is 0 Å². The van der Waals surface area contributed by atoms with Gasteiger partial charge in [0.05, 0.1) is 19.3 Å². The van der Waals surface area contributed by atoms with Gasteiger partial charge in [0.25, 0.3) is 0 Å². The predicted octanol–water partition coefficient (Wildman–Crippen LogP) is 3.97. The van der Waals surface area contributed by atoms with Crippen molar-refractivity contribution >= 4 is 0 Å². The molecule has 0 aliphatic heterocycles. The van der Waals surface area contributed by atoms with E-state index in [9.17, 15) is 0 Å². The maximum absolute atomic E-state index is 8.82. The van der Waals surface area contributed by atoms with E-state index in [1.165, 1.54) is 16.7 Å². The molecule has 0 aromatic heterocycles. The van der Waals surface area contributed by atoms with E-state index >= 15 is 0 Å². The number of nitrogens with one attached hydrogen (secondary N) is 1. The molecule has 0 aliphatic carbocycles. The number of hydrogen-bond acceptors (Lipinski definition) is 3. The summed E-state index contributed by atoms with van der Waals surface area (Å²) in [6.45, 7) is 4.11. The first-order valence-electron chi connectivity index (χ1n) is 8.05. The quantitative estimate of drug-likeness (QED) is 0.762. The Kier molecular flexibility index (Phi) is 7.32. The Morgan fingerprint density at radius 1 is 1.04 bits per heavy atom. The zero-order valence-electron chi connectivity index (χ0n) is 13.7. The number of hydrogen-bond donors (Lipinski definition) is 1. The van der Waals surface area contributed by atoms with Crippen molar-refractivity contribution in [2.75, 3.05) is 6.61 Å². The summed E-state index contributed by atoms with van der Waals surface area (Å²) in [7, 11) is 0. The van der Waals surface area contributed by atoms with Crippen molar-refractivity contribution < 1.29 is 4.74 Å². The van der Waals surface area contributed by atoms with Crippen LogP contribution in [-0.4, -0.2) is 12.6 Å². The van der Waals surface area contributed by atoms with Gasteiger partial charge in [0.2, 0.25) is 0 Å². The van der Waals surface area contributed by atoms with Crippen LogP contribution in [0.25, 0.3) is 0 Å². The minimum atomic E-state index is 0.194. The number of nitriles is 1. The van der Waals surface area contributed by atoms with E-state index in [1.807, 2.05) is 18.2 Å². The summed E-state index contributed by atoms with van der Waals surface area (Å²) in [5.41, 5.74) is 3.69. The van der Waals surface area contributed by atoms with Crippen LogP contribution in [0.15, 0.2) is 54.6 Å². The van der Waals surface area contributed by atoms with Gasteiger partial charge in [0.1, 0.15) is 0 Å². The van der Waals surface area contributed by atoms with Gasteiger partial charge in [-0.15, -0.1) is 0 Å². The van der Waals surface area contributed by atoms with Crippen LogP contribution in [-0.2, 0) is 17.9 Å². The maximum Gasteiger partial charge on any atom is 0.0717 e. The molecule has 0 saturated carbocycles. The minimum absolute atomic E-state index is 0.194. The van der Waals surface area contributed by atoms with Crippen LogP contribution in [0.1, 0.15) is 29.5 Å². The first kappa shape index (κ1) is 17.2. The summed E-state index contributed by atoms with van der Waals surface area (Å²) in [5, 5.41) is 12.3. The Morgan fingerprint density at radius 3 is 2.48 bits per heavy atom. The van der Waals surface area contributed by atoms with Crippen LogP contribution in [0, 0.1) is 18.3 Å². The Morgan fingerprint density at radius 2 is 1.78 bits per heavy atom. The van der Waals surface area contributed by atoms with E-state index in [0.717, 1.165) is 13.0 Å². The Labute approximate surface area is 138 Å². The van der Waals surface area contributed by atoms with Gasteiger partial charge in [0, 0.05) is 19.0 Å². The zero-order valence-corrected chi connectivity index (χ0v) is 13.7. The third-order valence-electron chi connectivity index (χ3n) is 3.75. The first-order chi connectivity index (χ1) is 11.3. The van der Waals surface area contributed by atoms with Crippen molar-refractivity contribution in [2.24, 2.45) is 0 Å². The predicted molar refractivity (Wildman–Crippen MR) is 92.8 cm³/mol. The van der Waals surface area contributed by atoms with Gasteiger partial charge in [-0.1, -0.05) is 60.2 Å². The molecular formula is C20H24N2O. The fourth-order valence-electron chi connectivity index (χ4n) is 2.34. The molecule has 0 fully saturated rings. The van der Waals surface area contributed by atoms with E-state index in [2.05, 4.69) is 54.7 Å². The van der Waals surface area contributed by atoms with Crippen molar-refractivity contribution in [1.29, 1.82) is 5.26 Å². The molecule has 23 heavy (non-hydrogen) atoms. The van der Waals surface area contributed by atoms with E-state index in [0.29, 0.717) is 19.6 Å². The number of nitrogens with zero attached hydrogens (tertiary/aromatic N) is 1. The molecule has 1 N–H and O–H groups in total. The highest BCUT2D eigenvalue weighted by atomic mass is 16.5. The lowest BCUT2D eigenvalue weighted by atomic mass is 10.1. The van der Waals surface area contributed by atoms with Crippen LogP contribution < -0.4 is 5.32 Å². The number of aryl methyl sites for hydroxylation is 1. The van der Waals surface area contributed by atoms with Crippen molar-refractivity contribution in [3.05, 3.63) is 71.3 Å². The molecule has 2 aromatic rings. The van der Waals surface area contributed by atoms with Gasteiger partial charge in [-0.05, 0) is 24.5 Å². The van der Waals surface area contributed by atoms with Crippen molar-refractivity contribution in [2.45, 2.75) is 39.0 Å². The van der Waals surface area contributed by atoms with Gasteiger partial charge >= 0.3 is 0 Å². The summed E-state index contributed by atoms with van der Waals surface area (Å²) < 4.78 is 5.81. The normalized spacial score (nSPS) is 11.8. The third-order valence-corrected chi connectivity index (χ3v) is 3.75. The molecule has 3 heteroatoms. The first-order valence-corrected chi connectivity index (χ1v) is 8.05. The average molecular weight is 308 g/mol. The number of rotatable bonds is 9.